The van der Waals surface area contributed by atoms with Crippen molar-refractivity contribution >= 4 is 24.6 Å². The number of aliphatic carboxylic acids is 2. The van der Waals surface area contributed by atoms with Crippen molar-refractivity contribution in [1.29, 1.82) is 0 Å². The molecule has 0 aromatic heterocycles. The lowest BCUT2D eigenvalue weighted by atomic mass is 10.1. The van der Waals surface area contributed by atoms with E-state index in [1.807, 2.05) is 0 Å². The topological polar surface area (TPSA) is 101 Å². The Bertz CT molecular complexity index is 172. The van der Waals surface area contributed by atoms with Crippen molar-refractivity contribution in [3.63, 3.8) is 0 Å². The van der Waals surface area contributed by atoms with Crippen LogP contribution < -0.4 is 5.73 Å². The highest BCUT2D eigenvalue weighted by Crippen LogP contribution is 2.05. The van der Waals surface area contributed by atoms with Crippen LogP contribution in [0.15, 0.2) is 0 Å². The van der Waals surface area contributed by atoms with Gasteiger partial charge in [-0.05, 0) is 0 Å². The molecule has 0 aliphatic carbocycles. The number of carboxylic acids is 2. The fourth-order valence-corrected chi connectivity index (χ4v) is 0.754. The summed E-state index contributed by atoms with van der Waals surface area (Å²) in [6.45, 7) is 0. The van der Waals surface area contributed by atoms with Gasteiger partial charge in [0.25, 0.3) is 0 Å². The van der Waals surface area contributed by atoms with Crippen LogP contribution >= 0.6 is 12.6 Å². The van der Waals surface area contributed by atoms with Crippen molar-refractivity contribution < 1.29 is 19.8 Å². The van der Waals surface area contributed by atoms with Gasteiger partial charge in [-0.15, -0.1) is 0 Å². The van der Waals surface area contributed by atoms with E-state index in [1.165, 1.54) is 0 Å². The lowest BCUT2D eigenvalue weighted by Gasteiger charge is -2.11. The fourth-order valence-electron chi connectivity index (χ4n) is 0.470. The third-order valence-corrected chi connectivity index (χ3v) is 1.59. The van der Waals surface area contributed by atoms with Crippen molar-refractivity contribution in [1.82, 2.24) is 0 Å². The molecule has 0 saturated carbocycles. The second-order valence-electron chi connectivity index (χ2n) is 2.03. The molecular weight excluding hydrogens is 170 g/mol. The Morgan fingerprint density at radius 2 is 1.91 bits per heavy atom. The van der Waals surface area contributed by atoms with Gasteiger partial charge in [0, 0.05) is 5.25 Å². The average molecular weight is 179 g/mol. The highest BCUT2D eigenvalue weighted by atomic mass is 32.1. The first-order chi connectivity index (χ1) is 4.95. The molecule has 5 nitrogen and oxygen atoms in total. The summed E-state index contributed by atoms with van der Waals surface area (Å²) in [5.41, 5.74) is 5.07. The van der Waals surface area contributed by atoms with Crippen LogP contribution in [0.3, 0.4) is 0 Å². The minimum absolute atomic E-state index is 0.351. The maximum absolute atomic E-state index is 10.2. The van der Waals surface area contributed by atoms with Crippen LogP contribution in [0, 0.1) is 0 Å². The van der Waals surface area contributed by atoms with Gasteiger partial charge in [0.05, 0.1) is 6.42 Å². The van der Waals surface area contributed by atoms with E-state index in [-0.39, 0.29) is 6.42 Å². The summed E-state index contributed by atoms with van der Waals surface area (Å²) in [5, 5.41) is 15.7. The molecule has 0 rings (SSSR count). The number of rotatable bonds is 4. The zero-order valence-corrected chi connectivity index (χ0v) is 6.49. The Morgan fingerprint density at radius 1 is 1.45 bits per heavy atom. The third kappa shape index (κ3) is 3.84. The van der Waals surface area contributed by atoms with Gasteiger partial charge in [-0.25, -0.2) is 0 Å². The van der Waals surface area contributed by atoms with Gasteiger partial charge in [-0.3, -0.25) is 9.59 Å². The van der Waals surface area contributed by atoms with Crippen LogP contribution in [0.2, 0.25) is 0 Å². The van der Waals surface area contributed by atoms with Crippen LogP contribution in [-0.2, 0) is 9.59 Å². The van der Waals surface area contributed by atoms with Crippen molar-refractivity contribution in [3.8, 4) is 0 Å². The maximum atomic E-state index is 10.2. The molecule has 0 fully saturated rings. The zero-order valence-electron chi connectivity index (χ0n) is 5.60. The molecule has 0 radical (unpaired) electrons. The molecule has 4 N–H and O–H groups in total. The van der Waals surface area contributed by atoms with E-state index in [2.05, 4.69) is 12.6 Å². The van der Waals surface area contributed by atoms with Crippen LogP contribution in [0.4, 0.5) is 0 Å². The minimum atomic E-state index is -1.24. The largest absolute Gasteiger partial charge is 0.481 e. The SMILES string of the molecule is N[C@H](C(=O)O)C(S)CC(=O)O. The van der Waals surface area contributed by atoms with E-state index in [9.17, 15) is 9.59 Å². The first-order valence-corrected chi connectivity index (χ1v) is 3.35. The Kier molecular flexibility index (Phi) is 3.91. The smallest absolute Gasteiger partial charge is 0.321 e. The zero-order chi connectivity index (χ0) is 9.02. The number of hydrogen-bond donors (Lipinski definition) is 4. The van der Waals surface area contributed by atoms with Gasteiger partial charge >= 0.3 is 11.9 Å². The number of carboxylic acid groups (broad SMARTS) is 2. The number of nitrogens with two attached hydrogens (primary N) is 1. The van der Waals surface area contributed by atoms with E-state index >= 15 is 0 Å². The van der Waals surface area contributed by atoms with Gasteiger partial charge in [0.2, 0.25) is 0 Å². The molecule has 64 valence electrons. The van der Waals surface area contributed by atoms with Crippen LogP contribution in [0.1, 0.15) is 6.42 Å². The molecule has 0 aromatic rings. The van der Waals surface area contributed by atoms with Crippen LogP contribution in [0.5, 0.6) is 0 Å². The summed E-state index contributed by atoms with van der Waals surface area (Å²) in [7, 11) is 0. The van der Waals surface area contributed by atoms with Crippen LogP contribution in [0.25, 0.3) is 0 Å². The summed E-state index contributed by atoms with van der Waals surface area (Å²) >= 11 is 3.72. The number of hydrogen-bond acceptors (Lipinski definition) is 4. The molecule has 0 amide bonds. The predicted molar refractivity (Wildman–Crippen MR) is 40.6 cm³/mol. The van der Waals surface area contributed by atoms with E-state index in [0.717, 1.165) is 0 Å². The number of thiol groups is 1. The Hall–Kier alpha value is -0.750. The minimum Gasteiger partial charge on any atom is -0.481 e. The molecule has 6 heteroatoms. The molecule has 0 saturated heterocycles. The Balaban J connectivity index is 3.92. The van der Waals surface area contributed by atoms with Gasteiger partial charge in [0.15, 0.2) is 0 Å². The highest BCUT2D eigenvalue weighted by molar-refractivity contribution is 7.81. The fraction of sp³-hybridized carbons (Fsp3) is 0.600. The molecule has 0 aromatic carbocycles. The van der Waals surface area contributed by atoms with E-state index in [4.69, 9.17) is 15.9 Å². The third-order valence-electron chi connectivity index (χ3n) is 1.08. The van der Waals surface area contributed by atoms with Crippen molar-refractivity contribution in [2.45, 2.75) is 17.7 Å². The molecular formula is C5H9NO4S. The van der Waals surface area contributed by atoms with Gasteiger partial charge in [-0.2, -0.15) is 12.6 Å². The van der Waals surface area contributed by atoms with E-state index < -0.39 is 23.2 Å². The van der Waals surface area contributed by atoms with E-state index in [1.54, 1.807) is 0 Å². The molecule has 0 spiro atoms. The summed E-state index contributed by atoms with van der Waals surface area (Å²) in [4.78, 5) is 20.2. The normalized spacial score (nSPS) is 15.5. The molecule has 0 heterocycles. The first-order valence-electron chi connectivity index (χ1n) is 2.83. The first kappa shape index (κ1) is 10.2. The summed E-state index contributed by atoms with van der Waals surface area (Å²) in [5.74, 6) is -2.35. The molecule has 11 heavy (non-hydrogen) atoms. The van der Waals surface area contributed by atoms with Gasteiger partial charge in [0.1, 0.15) is 6.04 Å². The lowest BCUT2D eigenvalue weighted by molar-refractivity contribution is -0.139. The molecule has 0 aliphatic rings. The van der Waals surface area contributed by atoms with E-state index in [0.29, 0.717) is 0 Å². The van der Waals surface area contributed by atoms with Crippen LogP contribution in [-0.4, -0.2) is 33.4 Å². The molecule has 1 unspecified atom stereocenters. The predicted octanol–water partition coefficient (Wildman–Crippen LogP) is -0.829. The second-order valence-corrected chi connectivity index (χ2v) is 2.69. The Labute approximate surface area is 68.6 Å². The molecule has 0 bridgehead atoms. The monoisotopic (exact) mass is 179 g/mol. The maximum Gasteiger partial charge on any atom is 0.321 e. The lowest BCUT2D eigenvalue weighted by Crippen LogP contribution is -2.39. The van der Waals surface area contributed by atoms with Crippen molar-refractivity contribution in [2.75, 3.05) is 0 Å². The summed E-state index contributed by atoms with van der Waals surface area (Å²) in [6.07, 6.45) is -0.351. The quantitative estimate of drug-likeness (QED) is 0.422. The van der Waals surface area contributed by atoms with Gasteiger partial charge < -0.3 is 15.9 Å². The van der Waals surface area contributed by atoms with Crippen molar-refractivity contribution in [3.05, 3.63) is 0 Å². The number of carbonyl (C=O) groups is 2. The van der Waals surface area contributed by atoms with Crippen molar-refractivity contribution in [2.24, 2.45) is 5.73 Å². The average Bonchev–Trinajstić information content (AvgIpc) is 1.84. The second kappa shape index (κ2) is 4.20. The Morgan fingerprint density at radius 3 is 2.18 bits per heavy atom. The van der Waals surface area contributed by atoms with Gasteiger partial charge in [-0.1, -0.05) is 0 Å². The molecule has 0 aliphatic heterocycles. The summed E-state index contributed by atoms with van der Waals surface area (Å²) < 4.78 is 0. The highest BCUT2D eigenvalue weighted by Gasteiger charge is 2.22. The summed E-state index contributed by atoms with van der Waals surface area (Å²) in [6, 6.07) is -1.23. The standard InChI is InChI=1S/C5H9NO4S/c6-4(5(9)10)2(11)1-3(7)8/h2,4,11H,1,6H2,(H,7,8)(H,9,10)/t2?,4-/m0/s1. The molecule has 2 atom stereocenters.